The molecule has 6 heteroatoms. The van der Waals surface area contributed by atoms with Crippen molar-refractivity contribution in [2.45, 2.75) is 13.8 Å². The fourth-order valence-electron chi connectivity index (χ4n) is 8.12. The van der Waals surface area contributed by atoms with Gasteiger partial charge in [0.25, 0.3) is 0 Å². The summed E-state index contributed by atoms with van der Waals surface area (Å²) in [5, 5.41) is 24.8. The molecule has 11 rings (SSSR count). The molecule has 0 saturated heterocycles. The van der Waals surface area contributed by atoms with E-state index in [1.807, 2.05) is 46.9 Å². The number of nitrogens with zero attached hydrogens (tertiary/aromatic N) is 2. The van der Waals surface area contributed by atoms with Crippen molar-refractivity contribution < 1.29 is 10.2 Å². The van der Waals surface area contributed by atoms with E-state index in [4.69, 9.17) is 0 Å². The van der Waals surface area contributed by atoms with Crippen LogP contribution in [-0.2, 0) is 0 Å². The number of fused-ring (bicyclic) bond motifs is 10. The lowest BCUT2D eigenvalue weighted by atomic mass is 10.0. The van der Waals surface area contributed by atoms with Gasteiger partial charge in [-0.1, -0.05) is 83.9 Å². The summed E-state index contributed by atoms with van der Waals surface area (Å²) in [5.74, 6) is 0.544. The van der Waals surface area contributed by atoms with Gasteiger partial charge < -0.3 is 19.3 Å². The van der Waals surface area contributed by atoms with Crippen LogP contribution in [0.15, 0.2) is 146 Å². The Hall–Kier alpha value is -6.34. The molecule has 7 aromatic carbocycles. The Balaban J connectivity index is 1.23. The first-order valence-electron chi connectivity index (χ1n) is 18.0. The first-order chi connectivity index (χ1) is 26.4. The van der Waals surface area contributed by atoms with Gasteiger partial charge in [0.05, 0.1) is 31.5 Å². The van der Waals surface area contributed by atoms with Crippen LogP contribution in [0.3, 0.4) is 0 Å². The molecule has 0 bridgehead atoms. The van der Waals surface area contributed by atoms with Gasteiger partial charge in [-0.3, -0.25) is 0 Å². The zero-order valence-corrected chi connectivity index (χ0v) is 31.1. The van der Waals surface area contributed by atoms with Crippen molar-refractivity contribution in [2.24, 2.45) is 0 Å². The average Bonchev–Trinajstić information content (AvgIpc) is 3.91. The third-order valence-electron chi connectivity index (χ3n) is 10.8. The van der Waals surface area contributed by atoms with Crippen LogP contribution in [0.5, 0.6) is 11.5 Å². The molecule has 258 valence electrons. The van der Waals surface area contributed by atoms with Crippen LogP contribution in [0.4, 0.5) is 0 Å². The smallest absolute Gasteiger partial charge is 0.115 e. The highest BCUT2D eigenvalue weighted by molar-refractivity contribution is 7.27. The highest BCUT2D eigenvalue weighted by Gasteiger charge is 2.24. The van der Waals surface area contributed by atoms with E-state index >= 15 is 0 Å². The summed E-state index contributed by atoms with van der Waals surface area (Å²) in [6, 6.07) is 51.0. The predicted octanol–water partition coefficient (Wildman–Crippen LogP) is 13.7. The first-order valence-corrected chi connectivity index (χ1v) is 19.7. The van der Waals surface area contributed by atoms with Gasteiger partial charge in [0.1, 0.15) is 11.5 Å². The second-order valence-electron chi connectivity index (χ2n) is 14.3. The molecule has 0 saturated carbocycles. The van der Waals surface area contributed by atoms with E-state index in [0.29, 0.717) is 0 Å². The highest BCUT2D eigenvalue weighted by Crippen LogP contribution is 2.48. The Kier molecular flexibility index (Phi) is 6.69. The number of rotatable bonds is 4. The molecule has 2 N–H and O–H groups in total. The number of aromatic nitrogens is 2. The molecule has 0 unspecified atom stereocenters. The van der Waals surface area contributed by atoms with E-state index in [-0.39, 0.29) is 11.5 Å². The molecular formula is C48H32N2O2S2. The molecule has 4 aromatic heterocycles. The third kappa shape index (κ3) is 4.67. The minimum absolute atomic E-state index is 0.272. The van der Waals surface area contributed by atoms with Crippen LogP contribution in [0.1, 0.15) is 11.1 Å². The van der Waals surface area contributed by atoms with E-state index in [0.717, 1.165) is 33.6 Å². The first kappa shape index (κ1) is 31.2. The normalized spacial score (nSPS) is 12.0. The molecule has 54 heavy (non-hydrogen) atoms. The number of aromatic hydroxyl groups is 2. The van der Waals surface area contributed by atoms with Crippen molar-refractivity contribution >= 4 is 85.1 Å². The van der Waals surface area contributed by atoms with Crippen molar-refractivity contribution in [1.82, 2.24) is 9.13 Å². The van der Waals surface area contributed by atoms with Gasteiger partial charge in [0.2, 0.25) is 0 Å². The minimum atomic E-state index is 0.272. The second-order valence-corrected chi connectivity index (χ2v) is 16.4. The van der Waals surface area contributed by atoms with Crippen molar-refractivity contribution in [1.29, 1.82) is 0 Å². The van der Waals surface area contributed by atoms with Crippen molar-refractivity contribution in [3.63, 3.8) is 0 Å². The fraction of sp³-hybridized carbons (Fsp3) is 0.0417. The number of hydrogen-bond acceptors (Lipinski definition) is 4. The summed E-state index contributed by atoms with van der Waals surface area (Å²) < 4.78 is 9.95. The summed E-state index contributed by atoms with van der Waals surface area (Å²) in [6.45, 7) is 4.28. The molecule has 0 spiro atoms. The van der Waals surface area contributed by atoms with Crippen LogP contribution in [-0.4, -0.2) is 19.3 Å². The minimum Gasteiger partial charge on any atom is -0.508 e. The fourth-order valence-corrected chi connectivity index (χ4v) is 10.6. The standard InChI is InChI=1S/C48H32N2O2S2/c1-27-3-13-33(14-4-27)49-41-25-40-42(26-39(41)47-45(49)37-21-11-31(23-43(37)53-47)29-7-17-35(51)18-8-29)50(34-15-5-28(2)6-16-34)46-38-22-12-32(24-44(38)54-48(40)46)30-9-19-36(52)20-10-30/h3-26,51-52H,1-2H3. The van der Waals surface area contributed by atoms with Crippen LogP contribution in [0.2, 0.25) is 0 Å². The summed E-state index contributed by atoms with van der Waals surface area (Å²) in [4.78, 5) is 0. The van der Waals surface area contributed by atoms with Gasteiger partial charge in [-0.15, -0.1) is 22.7 Å². The quantitative estimate of drug-likeness (QED) is 0.189. The zero-order valence-electron chi connectivity index (χ0n) is 29.5. The molecule has 11 aromatic rings. The Bertz CT molecular complexity index is 3050. The maximum Gasteiger partial charge on any atom is 0.115 e. The maximum absolute atomic E-state index is 9.92. The summed E-state index contributed by atoms with van der Waals surface area (Å²) >= 11 is 3.71. The molecule has 0 radical (unpaired) electrons. The van der Waals surface area contributed by atoms with E-state index in [1.54, 1.807) is 24.3 Å². The monoisotopic (exact) mass is 732 g/mol. The molecule has 0 aliphatic rings. The van der Waals surface area contributed by atoms with Gasteiger partial charge in [-0.25, -0.2) is 0 Å². The Morgan fingerprint density at radius 2 is 0.759 bits per heavy atom. The van der Waals surface area contributed by atoms with E-state index in [2.05, 4.69) is 120 Å². The molecule has 0 amide bonds. The Labute approximate surface area is 318 Å². The summed E-state index contributed by atoms with van der Waals surface area (Å²) in [7, 11) is 0. The average molecular weight is 733 g/mol. The number of aryl methyl sites for hydroxylation is 2. The van der Waals surface area contributed by atoms with Gasteiger partial charge in [-0.05, 0) is 109 Å². The van der Waals surface area contributed by atoms with Gasteiger partial charge >= 0.3 is 0 Å². The van der Waals surface area contributed by atoms with Crippen molar-refractivity contribution in [2.75, 3.05) is 0 Å². The molecule has 4 nitrogen and oxygen atoms in total. The van der Waals surface area contributed by atoms with Gasteiger partial charge in [0, 0.05) is 42.3 Å². The lowest BCUT2D eigenvalue weighted by Crippen LogP contribution is -1.95. The van der Waals surface area contributed by atoms with Crippen molar-refractivity contribution in [3.8, 4) is 45.1 Å². The van der Waals surface area contributed by atoms with Crippen LogP contribution in [0, 0.1) is 13.8 Å². The van der Waals surface area contributed by atoms with Gasteiger partial charge in [-0.2, -0.15) is 0 Å². The zero-order chi connectivity index (χ0) is 36.2. The van der Waals surface area contributed by atoms with Crippen LogP contribution >= 0.6 is 22.7 Å². The second kappa shape index (κ2) is 11.6. The largest absolute Gasteiger partial charge is 0.508 e. The van der Waals surface area contributed by atoms with Gasteiger partial charge in [0.15, 0.2) is 0 Å². The van der Waals surface area contributed by atoms with Crippen LogP contribution < -0.4 is 0 Å². The number of phenolic OH excluding ortho intramolecular Hbond substituents is 2. The number of thiophene rings is 2. The number of phenols is 2. The van der Waals surface area contributed by atoms with E-state index in [1.165, 1.54) is 73.5 Å². The molecule has 0 atom stereocenters. The third-order valence-corrected chi connectivity index (χ3v) is 13.2. The summed E-state index contributed by atoms with van der Waals surface area (Å²) in [5.41, 5.74) is 14.0. The predicted molar refractivity (Wildman–Crippen MR) is 230 cm³/mol. The van der Waals surface area contributed by atoms with Crippen molar-refractivity contribution in [3.05, 3.63) is 157 Å². The summed E-state index contributed by atoms with van der Waals surface area (Å²) in [6.07, 6.45) is 0. The van der Waals surface area contributed by atoms with E-state index < -0.39 is 0 Å². The number of benzene rings is 7. The topological polar surface area (TPSA) is 50.3 Å². The Morgan fingerprint density at radius 1 is 0.389 bits per heavy atom. The lowest BCUT2D eigenvalue weighted by Gasteiger charge is -2.11. The molecular weight excluding hydrogens is 701 g/mol. The molecule has 0 fully saturated rings. The lowest BCUT2D eigenvalue weighted by molar-refractivity contribution is 0.475. The Morgan fingerprint density at radius 3 is 1.15 bits per heavy atom. The highest BCUT2D eigenvalue weighted by atomic mass is 32.1. The molecule has 0 aliphatic carbocycles. The van der Waals surface area contributed by atoms with Crippen LogP contribution in [0.25, 0.3) is 96.0 Å². The molecule has 4 heterocycles. The molecule has 0 aliphatic heterocycles. The number of hydrogen-bond donors (Lipinski definition) is 2. The SMILES string of the molecule is Cc1ccc(-n2c3cc4c5sc6cc(-c7ccc(O)cc7)ccc6c5n(-c5ccc(C)cc5)c4cc3c3sc4cc(-c5ccc(O)cc5)ccc4c32)cc1. The maximum atomic E-state index is 9.92. The van der Waals surface area contributed by atoms with E-state index in [9.17, 15) is 10.2 Å².